The van der Waals surface area contributed by atoms with Crippen molar-refractivity contribution < 1.29 is 9.72 Å². The van der Waals surface area contributed by atoms with Crippen molar-refractivity contribution in [3.8, 4) is 0 Å². The van der Waals surface area contributed by atoms with E-state index < -0.39 is 4.92 Å². The van der Waals surface area contributed by atoms with E-state index >= 15 is 0 Å². The molecule has 2 N–H and O–H groups in total. The molecule has 19 heavy (non-hydrogen) atoms. The number of carbonyl (C=O) groups is 1. The highest BCUT2D eigenvalue weighted by molar-refractivity contribution is 6.64. The van der Waals surface area contributed by atoms with Gasteiger partial charge in [0.05, 0.1) is 11.1 Å². The minimum absolute atomic E-state index is 0.0823. The van der Waals surface area contributed by atoms with Crippen molar-refractivity contribution in [1.29, 1.82) is 0 Å². The van der Waals surface area contributed by atoms with E-state index in [1.807, 2.05) is 10.9 Å². The molecular weight excluding hydrogens is 247 g/mol. The van der Waals surface area contributed by atoms with E-state index in [0.717, 1.165) is 11.8 Å². The van der Waals surface area contributed by atoms with Crippen molar-refractivity contribution in [1.82, 2.24) is 9.79 Å². The van der Waals surface area contributed by atoms with E-state index in [1.165, 1.54) is 19.7 Å². The van der Waals surface area contributed by atoms with Crippen molar-refractivity contribution in [3.63, 3.8) is 0 Å². The van der Waals surface area contributed by atoms with Gasteiger partial charge in [-0.2, -0.15) is 0 Å². The molecule has 1 aliphatic heterocycles. The number of hydrogen-bond acceptors (Lipinski definition) is 6. The molecule has 8 heteroatoms. The first-order valence-electron chi connectivity index (χ1n) is 5.74. The Morgan fingerprint density at radius 1 is 1.58 bits per heavy atom. The predicted molar refractivity (Wildman–Crippen MR) is 72.0 cm³/mol. The minimum Gasteiger partial charge on any atom is -0.378 e. The summed E-state index contributed by atoms with van der Waals surface area (Å²) in [5, 5.41) is 10.8. The summed E-state index contributed by atoms with van der Waals surface area (Å²) in [5.74, 6) is -0.0823. The summed E-state index contributed by atoms with van der Waals surface area (Å²) < 4.78 is 0. The largest absolute Gasteiger partial charge is 0.378 e. The van der Waals surface area contributed by atoms with Gasteiger partial charge in [0, 0.05) is 24.4 Å². The molecule has 0 saturated heterocycles. The molecule has 0 aliphatic carbocycles. The molecule has 0 fully saturated rings. The van der Waals surface area contributed by atoms with Crippen LogP contribution in [0, 0.1) is 10.1 Å². The third-order valence-electron chi connectivity index (χ3n) is 2.98. The lowest BCUT2D eigenvalue weighted by atomic mass is 9.90. The van der Waals surface area contributed by atoms with Crippen LogP contribution in [0.5, 0.6) is 0 Å². The summed E-state index contributed by atoms with van der Waals surface area (Å²) >= 11 is 0. The number of pyridine rings is 1. The Hall–Kier alpha value is -2.22. The van der Waals surface area contributed by atoms with Crippen molar-refractivity contribution in [2.45, 2.75) is 6.42 Å². The molecule has 1 radical (unpaired) electrons. The second kappa shape index (κ2) is 5.62. The van der Waals surface area contributed by atoms with Crippen LogP contribution in [0.2, 0.25) is 0 Å². The molecule has 0 saturated carbocycles. The van der Waals surface area contributed by atoms with E-state index in [2.05, 4.69) is 4.98 Å². The average molecular weight is 259 g/mol. The highest BCUT2D eigenvalue weighted by Gasteiger charge is 2.18. The van der Waals surface area contributed by atoms with Crippen LogP contribution in [0.25, 0.3) is 5.57 Å². The van der Waals surface area contributed by atoms with Crippen LogP contribution in [0.4, 0.5) is 11.5 Å². The zero-order valence-corrected chi connectivity index (χ0v) is 10.2. The van der Waals surface area contributed by atoms with Gasteiger partial charge in [0.25, 0.3) is 7.41 Å². The van der Waals surface area contributed by atoms with Crippen molar-refractivity contribution >= 4 is 30.7 Å². The van der Waals surface area contributed by atoms with E-state index in [0.29, 0.717) is 25.1 Å². The van der Waals surface area contributed by atoms with Crippen molar-refractivity contribution in [2.24, 2.45) is 0 Å². The Morgan fingerprint density at radius 3 is 2.95 bits per heavy atom. The van der Waals surface area contributed by atoms with Crippen LogP contribution in [0.15, 0.2) is 18.3 Å². The maximum atomic E-state index is 10.8. The Kier molecular flexibility index (Phi) is 3.91. The molecule has 1 aromatic heterocycles. The highest BCUT2D eigenvalue weighted by atomic mass is 16.6. The summed E-state index contributed by atoms with van der Waals surface area (Å²) in [6.07, 6.45) is 4.91. The molecule has 0 amide bonds. The number of anilines is 1. The number of hydrogen-bond donors (Lipinski definition) is 1. The third-order valence-corrected chi connectivity index (χ3v) is 2.98. The Labute approximate surface area is 110 Å². The number of nitrogens with two attached hydrogens (primary N) is 1. The molecule has 1 aliphatic rings. The van der Waals surface area contributed by atoms with Gasteiger partial charge in [-0.25, -0.2) is 4.98 Å². The second-order valence-corrected chi connectivity index (χ2v) is 4.14. The Bertz CT molecular complexity index is 547. The van der Waals surface area contributed by atoms with Crippen LogP contribution in [-0.4, -0.2) is 41.4 Å². The van der Waals surface area contributed by atoms with E-state index in [9.17, 15) is 14.9 Å². The van der Waals surface area contributed by atoms with E-state index in [4.69, 9.17) is 5.73 Å². The van der Waals surface area contributed by atoms with E-state index in [1.54, 1.807) is 0 Å². The molecule has 1 aromatic rings. The van der Waals surface area contributed by atoms with Gasteiger partial charge in [0.1, 0.15) is 0 Å². The van der Waals surface area contributed by atoms with Crippen LogP contribution in [0.3, 0.4) is 0 Å². The third kappa shape index (κ3) is 2.97. The van der Waals surface area contributed by atoms with Gasteiger partial charge >= 0.3 is 5.69 Å². The van der Waals surface area contributed by atoms with Crippen LogP contribution < -0.4 is 5.73 Å². The SMILES string of the molecule is Nc1ncc(C2=CCN([B]C=O)CC2)cc1[N+](=O)[O-]. The van der Waals surface area contributed by atoms with Gasteiger partial charge in [-0.05, 0) is 18.5 Å². The van der Waals surface area contributed by atoms with Crippen LogP contribution in [-0.2, 0) is 4.79 Å². The number of nitro groups is 1. The fourth-order valence-electron chi connectivity index (χ4n) is 1.95. The molecule has 0 bridgehead atoms. The van der Waals surface area contributed by atoms with Crippen LogP contribution >= 0.6 is 0 Å². The zero-order chi connectivity index (χ0) is 13.8. The number of nitrogens with zero attached hydrogens (tertiary/aromatic N) is 3. The quantitative estimate of drug-likeness (QED) is 0.365. The number of aromatic nitrogens is 1. The minimum atomic E-state index is -0.540. The molecule has 0 spiro atoms. The highest BCUT2D eigenvalue weighted by Crippen LogP contribution is 2.27. The fraction of sp³-hybridized carbons (Fsp3) is 0.273. The summed E-state index contributed by atoms with van der Waals surface area (Å²) in [7, 11) is 1.48. The molecule has 2 rings (SSSR count). The average Bonchev–Trinajstić information content (AvgIpc) is 2.40. The lowest BCUT2D eigenvalue weighted by Crippen LogP contribution is -2.32. The first kappa shape index (κ1) is 13.2. The Balaban J connectivity index is 2.21. The summed E-state index contributed by atoms with van der Waals surface area (Å²) in [6.45, 7) is 1.30. The molecule has 97 valence electrons. The smallest absolute Gasteiger partial charge is 0.311 e. The van der Waals surface area contributed by atoms with Gasteiger partial charge < -0.3 is 15.3 Å². The Morgan fingerprint density at radius 2 is 2.37 bits per heavy atom. The number of carbonyl (C=O) groups excluding carboxylic acids is 1. The number of rotatable bonds is 4. The summed E-state index contributed by atoms with van der Waals surface area (Å²) in [6, 6.07) is 1.44. The molecular formula is C11H12BN4O3. The van der Waals surface area contributed by atoms with Crippen molar-refractivity contribution in [3.05, 3.63) is 34.0 Å². The lowest BCUT2D eigenvalue weighted by molar-refractivity contribution is -0.384. The van der Waals surface area contributed by atoms with Crippen LogP contribution in [0.1, 0.15) is 12.0 Å². The molecule has 0 atom stereocenters. The normalized spacial score (nSPS) is 15.7. The molecule has 0 aromatic carbocycles. The molecule has 2 heterocycles. The maximum Gasteiger partial charge on any atom is 0.311 e. The molecule has 7 nitrogen and oxygen atoms in total. The van der Waals surface area contributed by atoms with Gasteiger partial charge in [-0.3, -0.25) is 10.1 Å². The topological polar surface area (TPSA) is 102 Å². The van der Waals surface area contributed by atoms with Gasteiger partial charge in [0.15, 0.2) is 0 Å². The second-order valence-electron chi connectivity index (χ2n) is 4.14. The van der Waals surface area contributed by atoms with Gasteiger partial charge in [-0.15, -0.1) is 0 Å². The van der Waals surface area contributed by atoms with Crippen molar-refractivity contribution in [2.75, 3.05) is 18.8 Å². The first-order chi connectivity index (χ1) is 9.11. The van der Waals surface area contributed by atoms with Gasteiger partial charge in [0.2, 0.25) is 5.82 Å². The zero-order valence-electron chi connectivity index (χ0n) is 10.2. The predicted octanol–water partition coefficient (Wildman–Crippen LogP) is 0.470. The number of nitrogen functional groups attached to an aromatic ring is 1. The fourth-order valence-corrected chi connectivity index (χ4v) is 1.95. The summed E-state index contributed by atoms with van der Waals surface area (Å²) in [5.41, 5.74) is 6.96. The van der Waals surface area contributed by atoms with Gasteiger partial charge in [-0.1, -0.05) is 6.08 Å². The van der Waals surface area contributed by atoms with E-state index in [-0.39, 0.29) is 11.5 Å². The molecule has 0 unspecified atom stereocenters. The first-order valence-corrected chi connectivity index (χ1v) is 5.74. The monoisotopic (exact) mass is 259 g/mol. The maximum absolute atomic E-state index is 10.8. The standard InChI is InChI=1S/C11H12BN4O3/c13-11-10(16(18)19)5-9(6-14-11)8-1-3-15(4-2-8)12-7-17/h1,5-7H,2-4H2,(H2,13,14). The lowest BCUT2D eigenvalue weighted by Gasteiger charge is -2.24. The summed E-state index contributed by atoms with van der Waals surface area (Å²) in [4.78, 5) is 26.4.